The van der Waals surface area contributed by atoms with Gasteiger partial charge in [-0.3, -0.25) is 4.79 Å². The van der Waals surface area contributed by atoms with Gasteiger partial charge in [-0.1, -0.05) is 69.8 Å². The molecule has 0 saturated heterocycles. The molecule has 0 aliphatic heterocycles. The van der Waals surface area contributed by atoms with E-state index >= 15 is 0 Å². The number of nitrogens with one attached hydrogen (secondary N) is 1. The summed E-state index contributed by atoms with van der Waals surface area (Å²) >= 11 is 1.21. The number of anilines is 1. The maximum Gasteiger partial charge on any atom is 0.277 e. The average Bonchev–Trinajstić information content (AvgIpc) is 3.19. The molecule has 6 nitrogen and oxygen atoms in total. The van der Waals surface area contributed by atoms with Gasteiger partial charge in [-0.2, -0.15) is 0 Å². The quantitative estimate of drug-likeness (QED) is 0.416. The van der Waals surface area contributed by atoms with Crippen LogP contribution in [0.25, 0.3) is 0 Å². The van der Waals surface area contributed by atoms with Gasteiger partial charge in [-0.25, -0.2) is 0 Å². The minimum atomic E-state index is -0.115. The Balaban J connectivity index is 1.54. The molecule has 1 heterocycles. The predicted molar refractivity (Wildman–Crippen MR) is 124 cm³/mol. The summed E-state index contributed by atoms with van der Waals surface area (Å²) in [6.07, 6.45) is 0. The van der Waals surface area contributed by atoms with Crippen LogP contribution in [0.3, 0.4) is 0 Å². The normalized spacial score (nSPS) is 11.2. The molecule has 0 spiro atoms. The molecule has 0 radical (unpaired) electrons. The van der Waals surface area contributed by atoms with Gasteiger partial charge in [0, 0.05) is 5.69 Å². The summed E-state index contributed by atoms with van der Waals surface area (Å²) in [6, 6.07) is 14.0. The van der Waals surface area contributed by atoms with E-state index in [9.17, 15) is 4.79 Å². The first-order valence-corrected chi connectivity index (χ1v) is 11.4. The molecule has 0 atom stereocenters. The lowest BCUT2D eigenvalue weighted by atomic mass is 10.0. The molecule has 1 N–H and O–H groups in total. The fourth-order valence-electron chi connectivity index (χ4n) is 3.17. The van der Waals surface area contributed by atoms with E-state index in [2.05, 4.69) is 55.3 Å². The van der Waals surface area contributed by atoms with Gasteiger partial charge >= 0.3 is 0 Å². The Hall–Kier alpha value is -2.80. The molecule has 0 bridgehead atoms. The summed E-state index contributed by atoms with van der Waals surface area (Å²) in [7, 11) is 0. The maximum absolute atomic E-state index is 12.4. The summed E-state index contributed by atoms with van der Waals surface area (Å²) in [5, 5.41) is 11.4. The van der Waals surface area contributed by atoms with E-state index in [4.69, 9.17) is 9.15 Å². The van der Waals surface area contributed by atoms with Gasteiger partial charge in [0.1, 0.15) is 5.75 Å². The zero-order valence-electron chi connectivity index (χ0n) is 18.6. The molecule has 0 aliphatic rings. The molecule has 3 aromatic rings. The number of nitrogens with zero attached hydrogens (tertiary/aromatic N) is 2. The van der Waals surface area contributed by atoms with E-state index in [0.717, 1.165) is 28.1 Å². The minimum Gasteiger partial charge on any atom is -0.484 e. The largest absolute Gasteiger partial charge is 0.484 e. The van der Waals surface area contributed by atoms with E-state index < -0.39 is 0 Å². The summed E-state index contributed by atoms with van der Waals surface area (Å²) < 4.78 is 11.6. The third-order valence-electron chi connectivity index (χ3n) is 4.77. The molecule has 0 fully saturated rings. The summed E-state index contributed by atoms with van der Waals surface area (Å²) in [6.45, 7) is 10.7. The van der Waals surface area contributed by atoms with Gasteiger partial charge in [-0.05, 0) is 47.6 Å². The Morgan fingerprint density at radius 1 is 1.06 bits per heavy atom. The van der Waals surface area contributed by atoms with Gasteiger partial charge in [0.15, 0.2) is 6.61 Å². The molecule has 3 rings (SSSR count). The number of thioether (sulfide) groups is 1. The van der Waals surface area contributed by atoms with Crippen molar-refractivity contribution in [2.45, 2.75) is 58.3 Å². The molecule has 31 heavy (non-hydrogen) atoms. The van der Waals surface area contributed by atoms with Gasteiger partial charge in [-0.15, -0.1) is 10.2 Å². The molecule has 7 heteroatoms. The highest BCUT2D eigenvalue weighted by Crippen LogP contribution is 2.28. The first kappa shape index (κ1) is 22.9. The minimum absolute atomic E-state index is 0.115. The first-order valence-electron chi connectivity index (χ1n) is 10.4. The number of aryl methyl sites for hydroxylation is 1. The lowest BCUT2D eigenvalue weighted by Gasteiger charge is -2.13. The Morgan fingerprint density at radius 2 is 1.81 bits per heavy atom. The van der Waals surface area contributed by atoms with Crippen LogP contribution in [-0.4, -0.2) is 21.9 Å². The van der Waals surface area contributed by atoms with Crippen LogP contribution in [0.1, 0.15) is 62.1 Å². The number of hydrogen-bond donors (Lipinski definition) is 1. The molecule has 0 saturated carbocycles. The Morgan fingerprint density at radius 3 is 2.55 bits per heavy atom. The number of aromatic nitrogens is 2. The second kappa shape index (κ2) is 10.5. The molecule has 0 aliphatic carbocycles. The predicted octanol–water partition coefficient (Wildman–Crippen LogP) is 5.93. The highest BCUT2D eigenvalue weighted by molar-refractivity contribution is 7.99. The van der Waals surface area contributed by atoms with E-state index in [1.165, 1.54) is 11.8 Å². The van der Waals surface area contributed by atoms with Gasteiger partial charge < -0.3 is 14.5 Å². The second-order valence-electron chi connectivity index (χ2n) is 8.03. The van der Waals surface area contributed by atoms with Crippen molar-refractivity contribution >= 4 is 23.4 Å². The maximum atomic E-state index is 12.4. The zero-order valence-corrected chi connectivity index (χ0v) is 19.5. The topological polar surface area (TPSA) is 77.2 Å². The number of para-hydroxylation sites is 1. The smallest absolute Gasteiger partial charge is 0.277 e. The van der Waals surface area contributed by atoms with Crippen molar-refractivity contribution in [2.75, 3.05) is 11.1 Å². The molecular weight excluding hydrogens is 410 g/mol. The fourth-order valence-corrected chi connectivity index (χ4v) is 3.75. The van der Waals surface area contributed by atoms with Crippen LogP contribution in [0.15, 0.2) is 52.1 Å². The zero-order chi connectivity index (χ0) is 22.4. The number of carbonyl (C=O) groups is 1. The van der Waals surface area contributed by atoms with Crippen LogP contribution >= 0.6 is 11.8 Å². The Kier molecular flexibility index (Phi) is 7.74. The van der Waals surface area contributed by atoms with Crippen molar-refractivity contribution in [3.63, 3.8) is 0 Å². The lowest BCUT2D eigenvalue weighted by Crippen LogP contribution is -2.15. The van der Waals surface area contributed by atoms with Crippen molar-refractivity contribution in [2.24, 2.45) is 0 Å². The fraction of sp³-hybridized carbons (Fsp3) is 0.375. The number of benzene rings is 2. The Labute approximate surface area is 187 Å². The molecule has 0 unspecified atom stereocenters. The van der Waals surface area contributed by atoms with Crippen molar-refractivity contribution in [1.82, 2.24) is 10.2 Å². The molecule has 1 amide bonds. The SMILES string of the molecule is Cc1ccc(C(C)C)c(OCc2nnc(SCC(=O)Nc3ccccc3C(C)C)o2)c1. The van der Waals surface area contributed by atoms with Crippen LogP contribution in [0.2, 0.25) is 0 Å². The number of rotatable bonds is 9. The molecule has 2 aromatic carbocycles. The molecule has 1 aromatic heterocycles. The number of carbonyl (C=O) groups excluding carboxylic acids is 1. The summed E-state index contributed by atoms with van der Waals surface area (Å²) in [5.41, 5.74) is 4.21. The number of hydrogen-bond acceptors (Lipinski definition) is 6. The van der Waals surface area contributed by atoms with Crippen LogP contribution in [0.4, 0.5) is 5.69 Å². The highest BCUT2D eigenvalue weighted by atomic mass is 32.2. The first-order chi connectivity index (χ1) is 14.8. The van der Waals surface area contributed by atoms with E-state index in [0.29, 0.717) is 22.9 Å². The van der Waals surface area contributed by atoms with Gasteiger partial charge in [0.25, 0.3) is 11.1 Å². The highest BCUT2D eigenvalue weighted by Gasteiger charge is 2.14. The third kappa shape index (κ3) is 6.34. The number of amides is 1. The molecular formula is C24H29N3O3S. The summed E-state index contributed by atoms with van der Waals surface area (Å²) in [5.74, 6) is 1.95. The van der Waals surface area contributed by atoms with E-state index in [1.54, 1.807) is 0 Å². The van der Waals surface area contributed by atoms with Crippen molar-refractivity contribution in [3.8, 4) is 5.75 Å². The standard InChI is InChI=1S/C24H29N3O3S/c1-15(2)18-8-6-7-9-20(18)25-22(28)14-31-24-27-26-23(30-24)13-29-21-12-17(5)10-11-19(21)16(3)4/h6-12,15-16H,13-14H2,1-5H3,(H,25,28). The lowest BCUT2D eigenvalue weighted by molar-refractivity contribution is -0.113. The van der Waals surface area contributed by atoms with Crippen LogP contribution in [0.5, 0.6) is 5.75 Å². The van der Waals surface area contributed by atoms with Crippen molar-refractivity contribution in [1.29, 1.82) is 0 Å². The van der Waals surface area contributed by atoms with E-state index in [1.807, 2.05) is 37.3 Å². The van der Waals surface area contributed by atoms with Crippen molar-refractivity contribution < 1.29 is 13.9 Å². The van der Waals surface area contributed by atoms with E-state index in [-0.39, 0.29) is 18.3 Å². The summed E-state index contributed by atoms with van der Waals surface area (Å²) in [4.78, 5) is 12.4. The van der Waals surface area contributed by atoms with Crippen molar-refractivity contribution in [3.05, 3.63) is 65.0 Å². The number of ether oxygens (including phenoxy) is 1. The Bertz CT molecular complexity index is 1030. The van der Waals surface area contributed by atoms with Crippen LogP contribution in [0, 0.1) is 6.92 Å². The van der Waals surface area contributed by atoms with Gasteiger partial charge in [0.2, 0.25) is 5.91 Å². The van der Waals surface area contributed by atoms with Gasteiger partial charge in [0.05, 0.1) is 5.75 Å². The third-order valence-corrected chi connectivity index (χ3v) is 5.59. The average molecular weight is 440 g/mol. The molecule has 164 valence electrons. The van der Waals surface area contributed by atoms with Crippen LogP contribution < -0.4 is 10.1 Å². The van der Waals surface area contributed by atoms with Crippen LogP contribution in [-0.2, 0) is 11.4 Å². The monoisotopic (exact) mass is 439 g/mol. The second-order valence-corrected chi connectivity index (χ2v) is 8.95.